The molecular weight excluding hydrogens is 134 g/mol. The molecule has 2 rings (SSSR count). The molecule has 0 amide bonds. The third-order valence-corrected chi connectivity index (χ3v) is 3.20. The Morgan fingerprint density at radius 3 is 2.55 bits per heavy atom. The van der Waals surface area contributed by atoms with Gasteiger partial charge in [0.2, 0.25) is 0 Å². The molecule has 1 aliphatic heterocycles. The quantitative estimate of drug-likeness (QED) is 0.558. The predicted molar refractivity (Wildman–Crippen MR) is 47.6 cm³/mol. The minimum atomic E-state index is 1.06. The van der Waals surface area contributed by atoms with Gasteiger partial charge >= 0.3 is 0 Å². The Labute approximate surface area is 69.8 Å². The van der Waals surface area contributed by atoms with Crippen LogP contribution in [0.1, 0.15) is 32.1 Å². The van der Waals surface area contributed by atoms with E-state index >= 15 is 0 Å². The van der Waals surface area contributed by atoms with Gasteiger partial charge in [-0.05, 0) is 51.1 Å². The highest BCUT2D eigenvalue weighted by molar-refractivity contribution is 4.84. The average Bonchev–Trinajstić information content (AvgIpc) is 2.71. The molecule has 1 aliphatic carbocycles. The molecule has 0 radical (unpaired) electrons. The fourth-order valence-electron chi connectivity index (χ4n) is 2.32. The average molecular weight is 153 g/mol. The van der Waals surface area contributed by atoms with Gasteiger partial charge in [0, 0.05) is 6.54 Å². The van der Waals surface area contributed by atoms with Crippen molar-refractivity contribution < 1.29 is 0 Å². The molecule has 0 aromatic rings. The standard InChI is InChI=1S/C10H19N/c1-11-7-3-2-4-10(8-11)9-5-6-9/h9-10H,2-8H2,1H3. The highest BCUT2D eigenvalue weighted by atomic mass is 15.1. The number of rotatable bonds is 1. The topological polar surface area (TPSA) is 3.24 Å². The van der Waals surface area contributed by atoms with E-state index in [9.17, 15) is 0 Å². The molecule has 11 heavy (non-hydrogen) atoms. The van der Waals surface area contributed by atoms with E-state index in [1.165, 1.54) is 45.2 Å². The molecule has 2 fully saturated rings. The lowest BCUT2D eigenvalue weighted by atomic mass is 9.98. The number of likely N-dealkylation sites (tertiary alicyclic amines) is 1. The SMILES string of the molecule is CN1CCCCC(C2CC2)C1. The Morgan fingerprint density at radius 2 is 1.82 bits per heavy atom. The lowest BCUT2D eigenvalue weighted by molar-refractivity contribution is 0.281. The van der Waals surface area contributed by atoms with E-state index in [1.54, 1.807) is 0 Å². The zero-order valence-corrected chi connectivity index (χ0v) is 7.55. The molecule has 1 unspecified atom stereocenters. The Morgan fingerprint density at radius 1 is 1.00 bits per heavy atom. The number of hydrogen-bond acceptors (Lipinski definition) is 1. The van der Waals surface area contributed by atoms with Gasteiger partial charge in [0.05, 0.1) is 0 Å². The summed E-state index contributed by atoms with van der Waals surface area (Å²) in [4.78, 5) is 2.52. The molecule has 0 spiro atoms. The Bertz CT molecular complexity index is 129. The van der Waals surface area contributed by atoms with E-state index in [0.717, 1.165) is 11.8 Å². The summed E-state index contributed by atoms with van der Waals surface area (Å²) >= 11 is 0. The van der Waals surface area contributed by atoms with Gasteiger partial charge in [-0.1, -0.05) is 6.42 Å². The van der Waals surface area contributed by atoms with Crippen molar-refractivity contribution in [2.24, 2.45) is 11.8 Å². The van der Waals surface area contributed by atoms with Crippen LogP contribution in [0.2, 0.25) is 0 Å². The molecule has 0 aromatic carbocycles. The van der Waals surface area contributed by atoms with Crippen molar-refractivity contribution in [1.82, 2.24) is 4.90 Å². The van der Waals surface area contributed by atoms with Crippen molar-refractivity contribution in [2.45, 2.75) is 32.1 Å². The van der Waals surface area contributed by atoms with Crippen LogP contribution in [0.15, 0.2) is 0 Å². The molecule has 64 valence electrons. The first kappa shape index (κ1) is 7.60. The molecule has 2 aliphatic rings. The van der Waals surface area contributed by atoms with Gasteiger partial charge in [0.25, 0.3) is 0 Å². The molecule has 1 nitrogen and oxygen atoms in total. The van der Waals surface area contributed by atoms with Gasteiger partial charge in [0.1, 0.15) is 0 Å². The summed E-state index contributed by atoms with van der Waals surface area (Å²) in [6.07, 6.45) is 7.47. The zero-order valence-electron chi connectivity index (χ0n) is 7.55. The normalized spacial score (nSPS) is 35.2. The van der Waals surface area contributed by atoms with E-state index in [-0.39, 0.29) is 0 Å². The molecular formula is C10H19N. The van der Waals surface area contributed by atoms with Gasteiger partial charge in [-0.2, -0.15) is 0 Å². The Balaban J connectivity index is 1.86. The van der Waals surface area contributed by atoms with Gasteiger partial charge in [0.15, 0.2) is 0 Å². The fraction of sp³-hybridized carbons (Fsp3) is 1.00. The van der Waals surface area contributed by atoms with Crippen molar-refractivity contribution in [1.29, 1.82) is 0 Å². The van der Waals surface area contributed by atoms with Gasteiger partial charge in [-0.15, -0.1) is 0 Å². The zero-order chi connectivity index (χ0) is 7.68. The van der Waals surface area contributed by atoms with E-state index in [2.05, 4.69) is 11.9 Å². The van der Waals surface area contributed by atoms with Gasteiger partial charge < -0.3 is 4.90 Å². The predicted octanol–water partition coefficient (Wildman–Crippen LogP) is 2.13. The second-order valence-corrected chi connectivity index (χ2v) is 4.36. The summed E-state index contributed by atoms with van der Waals surface area (Å²) in [6, 6.07) is 0. The van der Waals surface area contributed by atoms with E-state index in [1.807, 2.05) is 0 Å². The fourth-order valence-corrected chi connectivity index (χ4v) is 2.32. The maximum atomic E-state index is 2.52. The third kappa shape index (κ3) is 1.96. The Hall–Kier alpha value is -0.0400. The molecule has 0 N–H and O–H groups in total. The van der Waals surface area contributed by atoms with Crippen LogP contribution in [0, 0.1) is 11.8 Å². The molecule has 1 atom stereocenters. The van der Waals surface area contributed by atoms with Crippen molar-refractivity contribution >= 4 is 0 Å². The molecule has 0 aromatic heterocycles. The minimum Gasteiger partial charge on any atom is -0.306 e. The van der Waals surface area contributed by atoms with Crippen LogP contribution in [0.4, 0.5) is 0 Å². The third-order valence-electron chi connectivity index (χ3n) is 3.20. The highest BCUT2D eigenvalue weighted by Crippen LogP contribution is 2.40. The molecule has 1 saturated carbocycles. The maximum absolute atomic E-state index is 2.52. The van der Waals surface area contributed by atoms with Crippen LogP contribution in [-0.2, 0) is 0 Å². The van der Waals surface area contributed by atoms with Crippen molar-refractivity contribution in [3.63, 3.8) is 0 Å². The lowest BCUT2D eigenvalue weighted by Crippen LogP contribution is -2.24. The smallest absolute Gasteiger partial charge is 0.000925 e. The van der Waals surface area contributed by atoms with E-state index < -0.39 is 0 Å². The van der Waals surface area contributed by atoms with Crippen LogP contribution in [0.5, 0.6) is 0 Å². The van der Waals surface area contributed by atoms with Crippen molar-refractivity contribution in [3.05, 3.63) is 0 Å². The summed E-state index contributed by atoms with van der Waals surface area (Å²) in [7, 11) is 2.28. The van der Waals surface area contributed by atoms with Crippen LogP contribution in [0.25, 0.3) is 0 Å². The summed E-state index contributed by atoms with van der Waals surface area (Å²) in [5.74, 6) is 2.18. The summed E-state index contributed by atoms with van der Waals surface area (Å²) in [5, 5.41) is 0. The number of nitrogens with zero attached hydrogens (tertiary/aromatic N) is 1. The number of hydrogen-bond donors (Lipinski definition) is 0. The molecule has 1 heterocycles. The second kappa shape index (κ2) is 3.14. The Kier molecular flexibility index (Phi) is 2.17. The van der Waals surface area contributed by atoms with Crippen LogP contribution in [0.3, 0.4) is 0 Å². The van der Waals surface area contributed by atoms with Gasteiger partial charge in [-0.3, -0.25) is 0 Å². The summed E-state index contributed by atoms with van der Waals surface area (Å²) < 4.78 is 0. The first-order valence-electron chi connectivity index (χ1n) is 5.05. The van der Waals surface area contributed by atoms with E-state index in [0.29, 0.717) is 0 Å². The maximum Gasteiger partial charge on any atom is 0.000925 e. The van der Waals surface area contributed by atoms with Crippen molar-refractivity contribution in [2.75, 3.05) is 20.1 Å². The molecule has 1 heteroatoms. The lowest BCUT2D eigenvalue weighted by Gasteiger charge is -2.18. The van der Waals surface area contributed by atoms with Crippen LogP contribution in [-0.4, -0.2) is 25.0 Å². The van der Waals surface area contributed by atoms with Crippen molar-refractivity contribution in [3.8, 4) is 0 Å². The van der Waals surface area contributed by atoms with Crippen LogP contribution < -0.4 is 0 Å². The first-order valence-corrected chi connectivity index (χ1v) is 5.05. The van der Waals surface area contributed by atoms with E-state index in [4.69, 9.17) is 0 Å². The van der Waals surface area contributed by atoms with Gasteiger partial charge in [-0.25, -0.2) is 0 Å². The molecule has 1 saturated heterocycles. The summed E-state index contributed by atoms with van der Waals surface area (Å²) in [5.41, 5.74) is 0. The largest absolute Gasteiger partial charge is 0.306 e. The van der Waals surface area contributed by atoms with Crippen LogP contribution >= 0.6 is 0 Å². The summed E-state index contributed by atoms with van der Waals surface area (Å²) in [6.45, 7) is 2.72. The second-order valence-electron chi connectivity index (χ2n) is 4.36. The molecule has 0 bridgehead atoms. The first-order chi connectivity index (χ1) is 5.36. The monoisotopic (exact) mass is 153 g/mol. The highest BCUT2D eigenvalue weighted by Gasteiger charge is 2.32. The minimum absolute atomic E-state index is 1.06.